The van der Waals surface area contributed by atoms with Crippen molar-refractivity contribution in [1.29, 1.82) is 0 Å². The van der Waals surface area contributed by atoms with Gasteiger partial charge >= 0.3 is 0 Å². The molecule has 7 heteroatoms. The highest BCUT2D eigenvalue weighted by Crippen LogP contribution is 2.31. The molecule has 0 atom stereocenters. The lowest BCUT2D eigenvalue weighted by Crippen LogP contribution is -2.44. The molecule has 0 aromatic heterocycles. The number of fused-ring (bicyclic) bond motifs is 1. The minimum atomic E-state index is -0.609. The molecule has 7 nitrogen and oxygen atoms in total. The van der Waals surface area contributed by atoms with Crippen molar-refractivity contribution < 1.29 is 14.5 Å². The molecule has 0 spiro atoms. The van der Waals surface area contributed by atoms with Gasteiger partial charge in [0.05, 0.1) is 17.2 Å². The lowest BCUT2D eigenvalue weighted by molar-refractivity contribution is -0.385. The Hall–Kier alpha value is -3.06. The van der Waals surface area contributed by atoms with Gasteiger partial charge in [-0.3, -0.25) is 29.5 Å². The summed E-state index contributed by atoms with van der Waals surface area (Å²) in [5.74, 6) is -0.435. The zero-order chi connectivity index (χ0) is 19.7. The molecule has 4 rings (SSSR count). The van der Waals surface area contributed by atoms with Gasteiger partial charge in [-0.15, -0.1) is 0 Å². The molecule has 1 fully saturated rings. The SMILES string of the molecule is O=C1c2cccc([N+](=O)[O-])c2C(=O)N1CN1CCC(Cc2ccccc2)CC1. The molecule has 28 heavy (non-hydrogen) atoms. The molecule has 144 valence electrons. The van der Waals surface area contributed by atoms with Gasteiger partial charge < -0.3 is 0 Å². The summed E-state index contributed by atoms with van der Waals surface area (Å²) < 4.78 is 0. The van der Waals surface area contributed by atoms with Gasteiger partial charge in [0.1, 0.15) is 5.56 Å². The van der Waals surface area contributed by atoms with E-state index in [9.17, 15) is 19.7 Å². The van der Waals surface area contributed by atoms with Crippen LogP contribution in [0.1, 0.15) is 39.1 Å². The number of nitrogens with zero attached hydrogens (tertiary/aromatic N) is 3. The summed E-state index contributed by atoms with van der Waals surface area (Å²) in [6.45, 7) is 1.78. The minimum absolute atomic E-state index is 0.0866. The van der Waals surface area contributed by atoms with Crippen molar-refractivity contribution in [2.24, 2.45) is 5.92 Å². The Kier molecular flexibility index (Phi) is 4.92. The minimum Gasteiger partial charge on any atom is -0.286 e. The first-order valence-corrected chi connectivity index (χ1v) is 9.44. The van der Waals surface area contributed by atoms with E-state index >= 15 is 0 Å². The molecular formula is C21H21N3O4. The maximum atomic E-state index is 12.7. The third-order valence-electron chi connectivity index (χ3n) is 5.59. The van der Waals surface area contributed by atoms with Crippen LogP contribution in [0.4, 0.5) is 5.69 Å². The van der Waals surface area contributed by atoms with Crippen LogP contribution in [-0.4, -0.2) is 46.3 Å². The molecule has 2 aliphatic heterocycles. The second-order valence-corrected chi connectivity index (χ2v) is 7.39. The van der Waals surface area contributed by atoms with E-state index in [-0.39, 0.29) is 23.5 Å². The average molecular weight is 379 g/mol. The second-order valence-electron chi connectivity index (χ2n) is 7.39. The van der Waals surface area contributed by atoms with Crippen molar-refractivity contribution >= 4 is 17.5 Å². The van der Waals surface area contributed by atoms with E-state index in [1.165, 1.54) is 23.8 Å². The maximum absolute atomic E-state index is 12.7. The Bertz CT molecular complexity index is 921. The zero-order valence-electron chi connectivity index (χ0n) is 15.4. The van der Waals surface area contributed by atoms with Crippen molar-refractivity contribution in [3.05, 3.63) is 75.3 Å². The normalized spacial score (nSPS) is 17.8. The smallest absolute Gasteiger partial charge is 0.282 e. The van der Waals surface area contributed by atoms with Crippen LogP contribution in [0.2, 0.25) is 0 Å². The van der Waals surface area contributed by atoms with Crippen molar-refractivity contribution in [2.75, 3.05) is 19.8 Å². The van der Waals surface area contributed by atoms with Crippen LogP contribution in [0.5, 0.6) is 0 Å². The predicted molar refractivity (Wildman–Crippen MR) is 103 cm³/mol. The number of likely N-dealkylation sites (tertiary alicyclic amines) is 1. The molecule has 0 unspecified atom stereocenters. The van der Waals surface area contributed by atoms with Gasteiger partial charge in [0.2, 0.25) is 0 Å². The van der Waals surface area contributed by atoms with Crippen LogP contribution >= 0.6 is 0 Å². The quantitative estimate of drug-likeness (QED) is 0.453. The molecule has 0 N–H and O–H groups in total. The average Bonchev–Trinajstić information content (AvgIpc) is 2.95. The number of amides is 2. The summed E-state index contributed by atoms with van der Waals surface area (Å²) in [7, 11) is 0. The Morgan fingerprint density at radius 2 is 1.68 bits per heavy atom. The first-order valence-electron chi connectivity index (χ1n) is 9.44. The highest BCUT2D eigenvalue weighted by Gasteiger charge is 2.41. The van der Waals surface area contributed by atoms with Crippen LogP contribution in [0, 0.1) is 16.0 Å². The maximum Gasteiger partial charge on any atom is 0.282 e. The number of piperidine rings is 1. The number of carbonyl (C=O) groups excluding carboxylic acids is 2. The highest BCUT2D eigenvalue weighted by atomic mass is 16.6. The first-order chi connectivity index (χ1) is 13.5. The second kappa shape index (κ2) is 7.52. The number of rotatable bonds is 5. The van der Waals surface area contributed by atoms with E-state index in [2.05, 4.69) is 17.0 Å². The van der Waals surface area contributed by atoms with Crippen LogP contribution < -0.4 is 0 Å². The van der Waals surface area contributed by atoms with E-state index in [4.69, 9.17) is 0 Å². The summed E-state index contributed by atoms with van der Waals surface area (Å²) in [6.07, 6.45) is 3.03. The van der Waals surface area contributed by atoms with E-state index in [1.54, 1.807) is 0 Å². The zero-order valence-corrected chi connectivity index (χ0v) is 15.4. The molecule has 2 aromatic carbocycles. The van der Waals surface area contributed by atoms with E-state index in [1.807, 2.05) is 18.2 Å². The van der Waals surface area contributed by atoms with Crippen molar-refractivity contribution in [3.8, 4) is 0 Å². The standard InChI is InChI=1S/C21H21N3O4/c25-20-17-7-4-8-18(24(27)28)19(17)21(26)23(20)14-22-11-9-16(10-12-22)13-15-5-2-1-3-6-15/h1-8,16H,9-14H2. The summed E-state index contributed by atoms with van der Waals surface area (Å²) in [6, 6.07) is 14.6. The Morgan fingerprint density at radius 3 is 2.36 bits per heavy atom. The van der Waals surface area contributed by atoms with E-state index < -0.39 is 16.7 Å². The van der Waals surface area contributed by atoms with Crippen molar-refractivity contribution in [2.45, 2.75) is 19.3 Å². The van der Waals surface area contributed by atoms with Crippen LogP contribution in [-0.2, 0) is 6.42 Å². The third-order valence-corrected chi connectivity index (χ3v) is 5.59. The molecule has 0 aliphatic carbocycles. The first kappa shape index (κ1) is 18.3. The molecule has 2 aromatic rings. The van der Waals surface area contributed by atoms with Gasteiger partial charge in [-0.05, 0) is 36.8 Å². The van der Waals surface area contributed by atoms with E-state index in [0.29, 0.717) is 5.92 Å². The monoisotopic (exact) mass is 379 g/mol. The van der Waals surface area contributed by atoms with Gasteiger partial charge in [-0.1, -0.05) is 36.4 Å². The number of hydrogen-bond donors (Lipinski definition) is 0. The summed E-state index contributed by atoms with van der Waals surface area (Å²) in [5, 5.41) is 11.2. The number of benzene rings is 2. The van der Waals surface area contributed by atoms with Gasteiger partial charge in [-0.25, -0.2) is 0 Å². The molecule has 1 saturated heterocycles. The largest absolute Gasteiger partial charge is 0.286 e. The number of nitro groups is 1. The van der Waals surface area contributed by atoms with Crippen molar-refractivity contribution in [1.82, 2.24) is 9.80 Å². The molecule has 2 heterocycles. The number of imide groups is 1. The third kappa shape index (κ3) is 3.41. The highest BCUT2D eigenvalue weighted by molar-refractivity contribution is 6.23. The number of carbonyl (C=O) groups is 2. The van der Waals surface area contributed by atoms with Gasteiger partial charge in [-0.2, -0.15) is 0 Å². The molecule has 2 aliphatic rings. The fourth-order valence-corrected chi connectivity index (χ4v) is 4.08. The number of hydrogen-bond acceptors (Lipinski definition) is 5. The Balaban J connectivity index is 1.39. The Labute approximate surface area is 162 Å². The lowest BCUT2D eigenvalue weighted by atomic mass is 9.90. The van der Waals surface area contributed by atoms with Crippen LogP contribution in [0.15, 0.2) is 48.5 Å². The fraction of sp³-hybridized carbons (Fsp3) is 0.333. The summed E-state index contributed by atoms with van der Waals surface area (Å²) >= 11 is 0. The molecule has 2 amide bonds. The fourth-order valence-electron chi connectivity index (χ4n) is 4.08. The van der Waals surface area contributed by atoms with Crippen molar-refractivity contribution in [3.63, 3.8) is 0 Å². The topological polar surface area (TPSA) is 83.8 Å². The summed E-state index contributed by atoms with van der Waals surface area (Å²) in [4.78, 5) is 39.1. The molecule has 0 radical (unpaired) electrons. The summed E-state index contributed by atoms with van der Waals surface area (Å²) in [5.41, 5.74) is 1.06. The predicted octanol–water partition coefficient (Wildman–Crippen LogP) is 3.10. The van der Waals surface area contributed by atoms with Crippen LogP contribution in [0.3, 0.4) is 0 Å². The van der Waals surface area contributed by atoms with E-state index in [0.717, 1.165) is 37.3 Å². The van der Waals surface area contributed by atoms with Gasteiger partial charge in [0.15, 0.2) is 0 Å². The molecular weight excluding hydrogens is 358 g/mol. The number of nitro benzene ring substituents is 1. The van der Waals surface area contributed by atoms with Gasteiger partial charge in [0.25, 0.3) is 17.5 Å². The lowest BCUT2D eigenvalue weighted by Gasteiger charge is -2.33. The molecule has 0 saturated carbocycles. The molecule has 0 bridgehead atoms. The van der Waals surface area contributed by atoms with Crippen LogP contribution in [0.25, 0.3) is 0 Å². The Morgan fingerprint density at radius 1 is 0.964 bits per heavy atom. The van der Waals surface area contributed by atoms with Gasteiger partial charge in [0, 0.05) is 19.2 Å².